The Morgan fingerprint density at radius 1 is 0.571 bits per heavy atom. The minimum Gasteiger partial charge on any atom is -0.508 e. The summed E-state index contributed by atoms with van der Waals surface area (Å²) in [4.78, 5) is 12.6. The molecule has 0 aliphatic heterocycles. The van der Waals surface area contributed by atoms with Gasteiger partial charge in [0, 0.05) is 23.3 Å². The topological polar surface area (TPSA) is 46.5 Å². The summed E-state index contributed by atoms with van der Waals surface area (Å²) in [5.41, 5.74) is 1.00. The van der Waals surface area contributed by atoms with Gasteiger partial charge < -0.3 is 9.84 Å². The number of halogens is 12. The lowest BCUT2D eigenvalue weighted by molar-refractivity contribution is 0.0729. The molecule has 0 spiro atoms. The Morgan fingerprint density at radius 2 is 1.04 bits per heavy atom. The average molecular weight is 844 g/mol. The number of phenolic OH excluding ortho intramolecular Hbond substituents is 1. The number of carbonyl (C=O) groups is 1. The molecule has 0 unspecified atom stereocenters. The quantitative estimate of drug-likeness (QED) is 0.0572. The number of ether oxygens (including phenoxy) is 1. The standard InChI is InChI=1S/C28H18ClF5O2.C12H6F4O.CH2Cl2/c1-2-3-15-4-6-16(7-5-15)17-10-21(29)26(23(31)11-17)28(35)36-19-8-9-20(22(30)14-19)18-12-24(32)27(34)25(33)13-18;13-9-5-7(17)1-2-8(9)6-3-10(14)12(16)11(15)4-6;2-1-3/h4-14H,2-3H2,1H3;1-5,17H;1H2. The van der Waals surface area contributed by atoms with Crippen LogP contribution in [0.2, 0.25) is 5.02 Å². The van der Waals surface area contributed by atoms with Gasteiger partial charge in [-0.2, -0.15) is 0 Å². The lowest BCUT2D eigenvalue weighted by atomic mass is 10.0. The Hall–Kier alpha value is -5.17. The maximum Gasteiger partial charge on any atom is 0.348 e. The molecule has 15 heteroatoms. The van der Waals surface area contributed by atoms with E-state index in [9.17, 15) is 44.3 Å². The second-order valence-electron chi connectivity index (χ2n) is 11.6. The molecule has 0 fully saturated rings. The molecular formula is C41H26Cl3F9O3. The van der Waals surface area contributed by atoms with Crippen molar-refractivity contribution in [1.29, 1.82) is 0 Å². The summed E-state index contributed by atoms with van der Waals surface area (Å²) in [5, 5.41) is 8.99. The van der Waals surface area contributed by atoms with Crippen LogP contribution in [0.3, 0.4) is 0 Å². The van der Waals surface area contributed by atoms with E-state index in [4.69, 9.17) is 44.6 Å². The molecule has 6 aromatic carbocycles. The molecule has 0 heterocycles. The molecule has 292 valence electrons. The van der Waals surface area contributed by atoms with Crippen molar-refractivity contribution in [3.63, 3.8) is 0 Å². The monoisotopic (exact) mass is 842 g/mol. The van der Waals surface area contributed by atoms with Crippen LogP contribution >= 0.6 is 34.8 Å². The fraction of sp³-hybridized carbons (Fsp3) is 0.0976. The van der Waals surface area contributed by atoms with Gasteiger partial charge >= 0.3 is 5.97 Å². The maximum atomic E-state index is 14.9. The van der Waals surface area contributed by atoms with E-state index in [1.54, 1.807) is 0 Å². The van der Waals surface area contributed by atoms with Crippen LogP contribution in [-0.4, -0.2) is 16.4 Å². The zero-order chi connectivity index (χ0) is 41.3. The number of alkyl halides is 2. The Bertz CT molecular complexity index is 2290. The molecule has 0 saturated heterocycles. The first kappa shape index (κ1) is 43.6. The van der Waals surface area contributed by atoms with Crippen molar-refractivity contribution in [3.8, 4) is 44.9 Å². The third kappa shape index (κ3) is 10.8. The Morgan fingerprint density at radius 3 is 1.48 bits per heavy atom. The number of hydrogen-bond acceptors (Lipinski definition) is 3. The molecule has 0 radical (unpaired) electrons. The number of esters is 1. The lowest BCUT2D eigenvalue weighted by Gasteiger charge is -2.11. The first-order valence-corrected chi connectivity index (χ1v) is 17.5. The van der Waals surface area contributed by atoms with Gasteiger partial charge in [-0.1, -0.05) is 49.2 Å². The number of benzene rings is 6. The minimum atomic E-state index is -1.68. The number of aromatic hydroxyl groups is 1. The van der Waals surface area contributed by atoms with Crippen molar-refractivity contribution in [2.24, 2.45) is 0 Å². The largest absolute Gasteiger partial charge is 0.508 e. The van der Waals surface area contributed by atoms with Crippen molar-refractivity contribution in [3.05, 3.63) is 166 Å². The van der Waals surface area contributed by atoms with Gasteiger partial charge in [-0.05, 0) is 94.9 Å². The summed E-state index contributed by atoms with van der Waals surface area (Å²) < 4.78 is 127. The highest BCUT2D eigenvalue weighted by atomic mass is 35.5. The maximum absolute atomic E-state index is 14.9. The van der Waals surface area contributed by atoms with Crippen LogP contribution < -0.4 is 4.74 Å². The van der Waals surface area contributed by atoms with E-state index in [1.165, 1.54) is 6.07 Å². The molecule has 0 aliphatic rings. The van der Waals surface area contributed by atoms with E-state index in [2.05, 4.69) is 6.92 Å². The zero-order valence-electron chi connectivity index (χ0n) is 28.7. The minimum absolute atomic E-state index is 0.124. The molecule has 6 rings (SSSR count). The predicted molar refractivity (Wildman–Crippen MR) is 197 cm³/mol. The third-order valence-electron chi connectivity index (χ3n) is 7.77. The summed E-state index contributed by atoms with van der Waals surface area (Å²) in [6.07, 6.45) is 1.91. The first-order chi connectivity index (χ1) is 26.6. The number of hydrogen-bond donors (Lipinski definition) is 1. The second-order valence-corrected chi connectivity index (χ2v) is 12.8. The van der Waals surface area contributed by atoms with Crippen LogP contribution in [0.4, 0.5) is 39.5 Å². The summed E-state index contributed by atoms with van der Waals surface area (Å²) in [6, 6.07) is 18.9. The summed E-state index contributed by atoms with van der Waals surface area (Å²) in [6.45, 7) is 2.07. The van der Waals surface area contributed by atoms with Crippen molar-refractivity contribution in [1.82, 2.24) is 0 Å². The smallest absolute Gasteiger partial charge is 0.348 e. The Kier molecular flexibility index (Phi) is 15.3. The average Bonchev–Trinajstić information content (AvgIpc) is 3.13. The van der Waals surface area contributed by atoms with Crippen molar-refractivity contribution in [2.45, 2.75) is 19.8 Å². The van der Waals surface area contributed by atoms with Crippen molar-refractivity contribution in [2.75, 3.05) is 5.34 Å². The molecule has 0 atom stereocenters. The summed E-state index contributed by atoms with van der Waals surface area (Å²) >= 11 is 15.7. The number of carbonyl (C=O) groups excluding carboxylic acids is 1. The number of rotatable bonds is 7. The molecule has 6 aromatic rings. The lowest BCUT2D eigenvalue weighted by Crippen LogP contribution is -2.12. The molecular weight excluding hydrogens is 818 g/mol. The van der Waals surface area contributed by atoms with Crippen molar-refractivity contribution < 1.29 is 54.2 Å². The third-order valence-corrected chi connectivity index (χ3v) is 8.06. The van der Waals surface area contributed by atoms with Gasteiger partial charge in [0.05, 0.1) is 10.4 Å². The van der Waals surface area contributed by atoms with Gasteiger partial charge in [-0.3, -0.25) is 0 Å². The summed E-state index contributed by atoms with van der Waals surface area (Å²) in [7, 11) is 0. The van der Waals surface area contributed by atoms with Crippen LogP contribution in [-0.2, 0) is 6.42 Å². The van der Waals surface area contributed by atoms with Crippen LogP contribution in [0.15, 0.2) is 97.1 Å². The van der Waals surface area contributed by atoms with E-state index in [0.29, 0.717) is 35.4 Å². The molecule has 0 amide bonds. The van der Waals surface area contributed by atoms with E-state index < -0.39 is 63.9 Å². The first-order valence-electron chi connectivity index (χ1n) is 16.1. The molecule has 3 nitrogen and oxygen atoms in total. The molecule has 0 bridgehead atoms. The van der Waals surface area contributed by atoms with Crippen LogP contribution in [0.25, 0.3) is 33.4 Å². The van der Waals surface area contributed by atoms with Crippen molar-refractivity contribution >= 4 is 40.8 Å². The molecule has 0 aromatic heterocycles. The highest BCUT2D eigenvalue weighted by molar-refractivity contribution is 6.40. The van der Waals surface area contributed by atoms with Gasteiger partial charge in [0.15, 0.2) is 34.9 Å². The highest BCUT2D eigenvalue weighted by Gasteiger charge is 2.22. The Labute approximate surface area is 329 Å². The van der Waals surface area contributed by atoms with E-state index in [1.807, 2.05) is 24.3 Å². The molecule has 1 N–H and O–H groups in total. The predicted octanol–water partition coefficient (Wildman–Crippen LogP) is 13.6. The van der Waals surface area contributed by atoms with E-state index >= 15 is 0 Å². The van der Waals surface area contributed by atoms with Gasteiger partial charge in [0.1, 0.15) is 34.5 Å². The van der Waals surface area contributed by atoms with Gasteiger partial charge in [-0.25, -0.2) is 44.3 Å². The fourth-order valence-corrected chi connectivity index (χ4v) is 5.48. The van der Waals surface area contributed by atoms with Gasteiger partial charge in [0.25, 0.3) is 0 Å². The molecule has 0 aliphatic carbocycles. The van der Waals surface area contributed by atoms with Crippen LogP contribution in [0.5, 0.6) is 11.5 Å². The molecule has 56 heavy (non-hydrogen) atoms. The SMILES string of the molecule is CCCc1ccc(-c2cc(F)c(C(=O)Oc3ccc(-c4cc(F)c(F)c(F)c4)c(F)c3)c(Cl)c2)cc1.ClCCl.Oc1ccc(-c2cc(F)c(F)c(F)c2)c(F)c1. The van der Waals surface area contributed by atoms with E-state index in [0.717, 1.165) is 60.9 Å². The highest BCUT2D eigenvalue weighted by Crippen LogP contribution is 2.32. The summed E-state index contributed by atoms with van der Waals surface area (Å²) in [5.74, 6) is -13.6. The second kappa shape index (κ2) is 19.6. The number of aryl methyl sites for hydroxylation is 1. The van der Waals surface area contributed by atoms with Crippen LogP contribution in [0.1, 0.15) is 29.3 Å². The van der Waals surface area contributed by atoms with Gasteiger partial charge in [-0.15, -0.1) is 23.2 Å². The fourth-order valence-electron chi connectivity index (χ4n) is 5.20. The van der Waals surface area contributed by atoms with Gasteiger partial charge in [0.2, 0.25) is 0 Å². The zero-order valence-corrected chi connectivity index (χ0v) is 30.9. The normalized spacial score (nSPS) is 10.6. The number of phenols is 1. The van der Waals surface area contributed by atoms with E-state index in [-0.39, 0.29) is 44.1 Å². The van der Waals surface area contributed by atoms with Crippen LogP contribution in [0, 0.1) is 52.4 Å². The molecule has 0 saturated carbocycles. The Balaban J connectivity index is 0.000000289.